The van der Waals surface area contributed by atoms with E-state index in [-0.39, 0.29) is 35.3 Å². The van der Waals surface area contributed by atoms with E-state index in [0.717, 1.165) is 17.0 Å². The second-order valence-corrected chi connectivity index (χ2v) is 6.37. The lowest BCUT2D eigenvalue weighted by atomic mass is 9.95. The molecule has 1 aromatic carbocycles. The number of likely N-dealkylation sites (tertiary alicyclic amines) is 1. The zero-order valence-electron chi connectivity index (χ0n) is 14.8. The van der Waals surface area contributed by atoms with Crippen LogP contribution in [0, 0.1) is 15.9 Å². The van der Waals surface area contributed by atoms with Gasteiger partial charge in [-0.3, -0.25) is 24.7 Å². The van der Waals surface area contributed by atoms with Gasteiger partial charge in [-0.2, -0.15) is 0 Å². The Balaban J connectivity index is 2.22. The highest BCUT2D eigenvalue weighted by Crippen LogP contribution is 2.41. The maximum Gasteiger partial charge on any atom is 0.277 e. The smallest absolute Gasteiger partial charge is 0.277 e. The number of nitro benzene ring substituents is 1. The van der Waals surface area contributed by atoms with Crippen LogP contribution in [-0.4, -0.2) is 39.3 Å². The highest BCUT2D eigenvalue weighted by atomic mass is 19.1. The zero-order chi connectivity index (χ0) is 20.6. The van der Waals surface area contributed by atoms with Crippen LogP contribution in [0.25, 0.3) is 11.1 Å². The summed E-state index contributed by atoms with van der Waals surface area (Å²) in [5.41, 5.74) is 3.93. The van der Waals surface area contributed by atoms with E-state index in [2.05, 4.69) is 4.98 Å². The number of hydrogen-bond donors (Lipinski definition) is 1. The molecule has 1 aliphatic rings. The average Bonchev–Trinajstić information content (AvgIpc) is 3.02. The lowest BCUT2D eigenvalue weighted by Gasteiger charge is -2.25. The van der Waals surface area contributed by atoms with Gasteiger partial charge in [0.2, 0.25) is 5.91 Å². The molecule has 1 saturated heterocycles. The lowest BCUT2D eigenvalue weighted by Crippen LogP contribution is -2.31. The number of primary amides is 1. The summed E-state index contributed by atoms with van der Waals surface area (Å²) in [6, 6.07) is 3.27. The average molecular weight is 390 g/mol. The summed E-state index contributed by atoms with van der Waals surface area (Å²) in [5, 5.41) is 11.6. The molecule has 0 bridgehead atoms. The Morgan fingerprint density at radius 3 is 2.68 bits per heavy atom. The van der Waals surface area contributed by atoms with Gasteiger partial charge in [0, 0.05) is 36.9 Å². The fourth-order valence-corrected chi connectivity index (χ4v) is 3.46. The molecule has 0 aliphatic carbocycles. The van der Waals surface area contributed by atoms with Crippen LogP contribution < -0.4 is 5.73 Å². The minimum Gasteiger partial charge on any atom is -0.364 e. The van der Waals surface area contributed by atoms with E-state index in [0.29, 0.717) is 0 Å². The third-order valence-corrected chi connectivity index (χ3v) is 4.69. The van der Waals surface area contributed by atoms with Crippen molar-refractivity contribution in [1.29, 1.82) is 0 Å². The Morgan fingerprint density at radius 1 is 1.36 bits per heavy atom. The maximum absolute atomic E-state index is 14.9. The van der Waals surface area contributed by atoms with Crippen LogP contribution in [0.5, 0.6) is 0 Å². The number of alkyl halides is 1. The number of pyridine rings is 1. The van der Waals surface area contributed by atoms with Crippen LogP contribution in [0.2, 0.25) is 0 Å². The predicted molar refractivity (Wildman–Crippen MR) is 94.4 cm³/mol. The maximum atomic E-state index is 14.9. The number of carbonyl (C=O) groups is 2. The molecule has 1 fully saturated rings. The van der Waals surface area contributed by atoms with Crippen LogP contribution in [0.1, 0.15) is 35.4 Å². The largest absolute Gasteiger partial charge is 0.364 e. The summed E-state index contributed by atoms with van der Waals surface area (Å²) in [6.45, 7) is 1.31. The van der Waals surface area contributed by atoms with Crippen LogP contribution >= 0.6 is 0 Å². The molecule has 2 unspecified atom stereocenters. The van der Waals surface area contributed by atoms with Crippen LogP contribution in [-0.2, 0) is 4.79 Å². The highest BCUT2D eigenvalue weighted by molar-refractivity contribution is 5.99. The number of carbonyl (C=O) groups excluding carboxylic acids is 2. The molecule has 0 saturated carbocycles. The van der Waals surface area contributed by atoms with Gasteiger partial charge in [-0.05, 0) is 18.6 Å². The van der Waals surface area contributed by atoms with Gasteiger partial charge < -0.3 is 10.6 Å². The molecule has 0 spiro atoms. The molecular formula is C18H16F2N4O4. The van der Waals surface area contributed by atoms with Gasteiger partial charge >= 0.3 is 0 Å². The zero-order valence-corrected chi connectivity index (χ0v) is 14.8. The van der Waals surface area contributed by atoms with Crippen molar-refractivity contribution in [3.63, 3.8) is 0 Å². The van der Waals surface area contributed by atoms with Crippen molar-refractivity contribution in [2.45, 2.75) is 25.6 Å². The Morgan fingerprint density at radius 2 is 2.07 bits per heavy atom. The van der Waals surface area contributed by atoms with Gasteiger partial charge in [0.15, 0.2) is 0 Å². The van der Waals surface area contributed by atoms with Crippen LogP contribution in [0.4, 0.5) is 14.5 Å². The van der Waals surface area contributed by atoms with Crippen molar-refractivity contribution < 1.29 is 23.3 Å². The molecule has 8 nitrogen and oxygen atoms in total. The van der Waals surface area contributed by atoms with Crippen molar-refractivity contribution >= 4 is 17.5 Å². The van der Waals surface area contributed by atoms with Gasteiger partial charge in [0.25, 0.3) is 11.6 Å². The van der Waals surface area contributed by atoms with Crippen LogP contribution in [0.15, 0.2) is 30.5 Å². The van der Waals surface area contributed by atoms with E-state index < -0.39 is 40.5 Å². The van der Waals surface area contributed by atoms with Gasteiger partial charge in [-0.1, -0.05) is 6.07 Å². The number of halogens is 2. The van der Waals surface area contributed by atoms with E-state index in [1.165, 1.54) is 25.3 Å². The number of amides is 2. The molecule has 2 aromatic rings. The molecule has 2 amide bonds. The Kier molecular flexibility index (Phi) is 5.04. The molecular weight excluding hydrogens is 374 g/mol. The fraction of sp³-hybridized carbons (Fsp3) is 0.278. The van der Waals surface area contributed by atoms with Crippen molar-refractivity contribution in [2.24, 2.45) is 5.73 Å². The third kappa shape index (κ3) is 3.28. The van der Waals surface area contributed by atoms with Gasteiger partial charge in [0.1, 0.15) is 17.7 Å². The Labute approximate surface area is 158 Å². The molecule has 2 atom stereocenters. The third-order valence-electron chi connectivity index (χ3n) is 4.69. The monoisotopic (exact) mass is 390 g/mol. The number of benzene rings is 1. The molecule has 0 radical (unpaired) electrons. The fourth-order valence-electron chi connectivity index (χ4n) is 3.46. The van der Waals surface area contributed by atoms with Gasteiger partial charge in [-0.25, -0.2) is 8.78 Å². The molecule has 3 rings (SSSR count). The molecule has 28 heavy (non-hydrogen) atoms. The SMILES string of the molecule is CC(=O)N1CCC(F)C1c1cc([N+](=O)[O-])c(-c2cccnc2C(N)=O)cc1F. The topological polar surface area (TPSA) is 119 Å². The number of nitrogens with two attached hydrogens (primary N) is 1. The van der Waals surface area contributed by atoms with Gasteiger partial charge in [0.05, 0.1) is 16.5 Å². The molecule has 1 aromatic heterocycles. The summed E-state index contributed by atoms with van der Waals surface area (Å²) in [5.74, 6) is -2.32. The first-order valence-corrected chi connectivity index (χ1v) is 8.36. The minimum absolute atomic E-state index is 0.00760. The summed E-state index contributed by atoms with van der Waals surface area (Å²) in [6.07, 6.45) is -0.270. The van der Waals surface area contributed by atoms with Gasteiger partial charge in [-0.15, -0.1) is 0 Å². The molecule has 2 N–H and O–H groups in total. The number of aromatic nitrogens is 1. The van der Waals surface area contributed by atoms with E-state index >= 15 is 0 Å². The van der Waals surface area contributed by atoms with Crippen molar-refractivity contribution in [3.8, 4) is 11.1 Å². The van der Waals surface area contributed by atoms with E-state index in [1.54, 1.807) is 0 Å². The first-order valence-electron chi connectivity index (χ1n) is 8.36. The normalized spacial score (nSPS) is 18.9. The van der Waals surface area contributed by atoms with E-state index in [9.17, 15) is 28.5 Å². The lowest BCUT2D eigenvalue weighted by molar-refractivity contribution is -0.384. The molecule has 10 heteroatoms. The summed E-state index contributed by atoms with van der Waals surface area (Å²) in [4.78, 5) is 39.2. The number of hydrogen-bond acceptors (Lipinski definition) is 5. The predicted octanol–water partition coefficient (Wildman–Crippen LogP) is 2.53. The Bertz CT molecular complexity index is 982. The van der Waals surface area contributed by atoms with E-state index in [1.807, 2.05) is 0 Å². The van der Waals surface area contributed by atoms with Crippen molar-refractivity contribution in [2.75, 3.05) is 6.54 Å². The van der Waals surface area contributed by atoms with Crippen molar-refractivity contribution in [3.05, 3.63) is 57.7 Å². The first kappa shape index (κ1) is 19.3. The van der Waals surface area contributed by atoms with Crippen molar-refractivity contribution in [1.82, 2.24) is 9.88 Å². The summed E-state index contributed by atoms with van der Waals surface area (Å²) in [7, 11) is 0. The molecule has 146 valence electrons. The standard InChI is InChI=1S/C18H16F2N4O4/c1-9(25)23-6-4-13(19)17(23)12-8-15(24(27)28)11(7-14(12)20)10-3-2-5-22-16(10)18(21)26/h2-3,5,7-8,13,17H,4,6H2,1H3,(H2,21,26). The number of rotatable bonds is 4. The minimum atomic E-state index is -1.55. The Hall–Kier alpha value is -3.43. The van der Waals surface area contributed by atoms with E-state index in [4.69, 9.17) is 5.73 Å². The molecule has 2 heterocycles. The first-order chi connectivity index (χ1) is 13.2. The number of nitrogens with zero attached hydrogens (tertiary/aromatic N) is 3. The summed E-state index contributed by atoms with van der Waals surface area (Å²) < 4.78 is 29.3. The second-order valence-electron chi connectivity index (χ2n) is 6.37. The summed E-state index contributed by atoms with van der Waals surface area (Å²) >= 11 is 0. The number of nitro groups is 1. The second kappa shape index (κ2) is 7.29. The quantitative estimate of drug-likeness (QED) is 0.635. The van der Waals surface area contributed by atoms with Crippen LogP contribution in [0.3, 0.4) is 0 Å². The molecule has 1 aliphatic heterocycles. The highest BCUT2D eigenvalue weighted by Gasteiger charge is 2.40.